The topological polar surface area (TPSA) is 159 Å². The van der Waals surface area contributed by atoms with E-state index in [9.17, 15) is 15.2 Å². The predicted octanol–water partition coefficient (Wildman–Crippen LogP) is 3.34. The van der Waals surface area contributed by atoms with Crippen LogP contribution in [0.3, 0.4) is 0 Å². The molecule has 41 heavy (non-hydrogen) atoms. The Morgan fingerprint density at radius 1 is 1.20 bits per heavy atom. The number of aliphatic carboxylic acids is 1. The molecule has 5 aromatic rings. The van der Waals surface area contributed by atoms with Crippen LogP contribution in [-0.2, 0) is 17.8 Å². The third kappa shape index (κ3) is 5.06. The van der Waals surface area contributed by atoms with E-state index >= 15 is 4.39 Å². The summed E-state index contributed by atoms with van der Waals surface area (Å²) in [5, 5.41) is 23.5. The minimum Gasteiger partial charge on any atom is -0.481 e. The van der Waals surface area contributed by atoms with Gasteiger partial charge in [-0.15, -0.1) is 0 Å². The van der Waals surface area contributed by atoms with Crippen LogP contribution in [0.25, 0.3) is 28.3 Å². The van der Waals surface area contributed by atoms with Crippen LogP contribution in [0.4, 0.5) is 10.2 Å². The number of carbonyl (C=O) groups is 1. The molecular weight excluding hydrogens is 525 g/mol. The minimum absolute atomic E-state index is 0.0851. The first-order valence-electron chi connectivity index (χ1n) is 12.9. The second kappa shape index (κ2) is 10.7. The van der Waals surface area contributed by atoms with Crippen molar-refractivity contribution in [2.75, 3.05) is 18.8 Å². The van der Waals surface area contributed by atoms with Gasteiger partial charge in [0.25, 0.3) is 0 Å². The van der Waals surface area contributed by atoms with Crippen molar-refractivity contribution in [3.8, 4) is 28.7 Å². The number of benzene rings is 2. The predicted molar refractivity (Wildman–Crippen MR) is 147 cm³/mol. The smallest absolute Gasteiger partial charge is 0.307 e. The Kier molecular flexibility index (Phi) is 6.78. The summed E-state index contributed by atoms with van der Waals surface area (Å²) in [6, 6.07) is 15.7. The molecule has 2 aromatic carbocycles. The molecule has 204 valence electrons. The first-order chi connectivity index (χ1) is 19.9. The quantitative estimate of drug-likeness (QED) is 0.308. The Hall–Kier alpha value is -5.28. The summed E-state index contributed by atoms with van der Waals surface area (Å²) in [5.41, 5.74) is 10.4. The third-order valence-corrected chi connectivity index (χ3v) is 7.20. The molecule has 0 amide bonds. The van der Waals surface area contributed by atoms with Crippen molar-refractivity contribution in [2.24, 2.45) is 5.92 Å². The number of carboxylic acid groups (broad SMARTS) is 1. The van der Waals surface area contributed by atoms with Gasteiger partial charge < -0.3 is 10.8 Å². The van der Waals surface area contributed by atoms with Crippen molar-refractivity contribution in [2.45, 2.75) is 19.4 Å². The number of hydrogen-bond acceptors (Lipinski definition) is 9. The van der Waals surface area contributed by atoms with E-state index in [0.717, 1.165) is 5.56 Å². The lowest BCUT2D eigenvalue weighted by Gasteiger charge is -2.18. The molecular formula is C29H24FN9O2. The molecule has 0 aliphatic carbocycles. The van der Waals surface area contributed by atoms with E-state index in [-0.39, 0.29) is 17.9 Å². The Labute approximate surface area is 233 Å². The molecule has 11 nitrogen and oxygen atoms in total. The van der Waals surface area contributed by atoms with Gasteiger partial charge in [0.05, 0.1) is 23.2 Å². The molecule has 0 spiro atoms. The number of nitrogens with zero attached hydrogens (tertiary/aromatic N) is 8. The molecule has 0 saturated carbocycles. The molecule has 12 heteroatoms. The van der Waals surface area contributed by atoms with Crippen molar-refractivity contribution in [3.05, 3.63) is 89.4 Å². The maximum Gasteiger partial charge on any atom is 0.307 e. The number of fused-ring (bicyclic) bond motifs is 1. The molecule has 1 saturated heterocycles. The monoisotopic (exact) mass is 549 g/mol. The van der Waals surface area contributed by atoms with Crippen LogP contribution < -0.4 is 5.73 Å². The first-order valence-corrected chi connectivity index (χ1v) is 12.9. The number of rotatable bonds is 7. The Bertz CT molecular complexity index is 1820. The minimum atomic E-state index is -0.815. The lowest BCUT2D eigenvalue weighted by Crippen LogP contribution is -2.23. The SMILES string of the molecule is N#Cc1cccc(-c2nc(N)c3nc(Cc4c(F)cccc4CN4CCC(C(=O)O)C4)nn3c2-c2ccncn2)c1. The lowest BCUT2D eigenvalue weighted by atomic mass is 10.0. The Balaban J connectivity index is 1.43. The van der Waals surface area contributed by atoms with Crippen LogP contribution in [0, 0.1) is 23.1 Å². The summed E-state index contributed by atoms with van der Waals surface area (Å²) in [6.07, 6.45) is 3.65. The van der Waals surface area contributed by atoms with E-state index in [1.54, 1.807) is 41.0 Å². The van der Waals surface area contributed by atoms with Crippen LogP contribution in [-0.4, -0.2) is 58.6 Å². The average Bonchev–Trinajstić information content (AvgIpc) is 3.63. The van der Waals surface area contributed by atoms with E-state index in [0.29, 0.717) is 65.7 Å². The van der Waals surface area contributed by atoms with Crippen molar-refractivity contribution < 1.29 is 14.3 Å². The van der Waals surface area contributed by atoms with Crippen LogP contribution in [0.15, 0.2) is 61.1 Å². The summed E-state index contributed by atoms with van der Waals surface area (Å²) in [6.45, 7) is 1.46. The van der Waals surface area contributed by atoms with Crippen molar-refractivity contribution in [1.82, 2.24) is 34.4 Å². The molecule has 3 aromatic heterocycles. The second-order valence-electron chi connectivity index (χ2n) is 9.86. The largest absolute Gasteiger partial charge is 0.481 e. The summed E-state index contributed by atoms with van der Waals surface area (Å²) < 4.78 is 16.7. The number of anilines is 1. The summed E-state index contributed by atoms with van der Waals surface area (Å²) in [4.78, 5) is 31.1. The second-order valence-corrected chi connectivity index (χ2v) is 9.86. The molecule has 1 atom stereocenters. The van der Waals surface area contributed by atoms with Crippen LogP contribution in [0.5, 0.6) is 0 Å². The lowest BCUT2D eigenvalue weighted by molar-refractivity contribution is -0.141. The van der Waals surface area contributed by atoms with Gasteiger partial charge in [-0.05, 0) is 48.4 Å². The Morgan fingerprint density at radius 3 is 2.80 bits per heavy atom. The fourth-order valence-corrected chi connectivity index (χ4v) is 5.20. The van der Waals surface area contributed by atoms with Gasteiger partial charge in [0.2, 0.25) is 0 Å². The molecule has 0 radical (unpaired) electrons. The normalized spacial score (nSPS) is 15.3. The Morgan fingerprint density at radius 2 is 2.05 bits per heavy atom. The van der Waals surface area contributed by atoms with Crippen molar-refractivity contribution in [3.63, 3.8) is 0 Å². The molecule has 0 bridgehead atoms. The number of nitriles is 1. The molecule has 1 aliphatic rings. The highest BCUT2D eigenvalue weighted by atomic mass is 19.1. The van der Waals surface area contributed by atoms with Gasteiger partial charge in [0.15, 0.2) is 17.3 Å². The van der Waals surface area contributed by atoms with Gasteiger partial charge in [-0.2, -0.15) is 10.4 Å². The number of nitrogens with two attached hydrogens (primary N) is 1. The van der Waals surface area contributed by atoms with Gasteiger partial charge in [-0.3, -0.25) is 9.69 Å². The zero-order valence-corrected chi connectivity index (χ0v) is 21.8. The fourth-order valence-electron chi connectivity index (χ4n) is 5.20. The van der Waals surface area contributed by atoms with Gasteiger partial charge >= 0.3 is 5.97 Å². The summed E-state index contributed by atoms with van der Waals surface area (Å²) >= 11 is 0. The maximum absolute atomic E-state index is 15.2. The zero-order valence-electron chi connectivity index (χ0n) is 21.8. The highest BCUT2D eigenvalue weighted by Gasteiger charge is 2.29. The molecule has 3 N–H and O–H groups in total. The molecule has 4 heterocycles. The zero-order chi connectivity index (χ0) is 28.5. The van der Waals surface area contributed by atoms with Gasteiger partial charge in [-0.1, -0.05) is 24.3 Å². The summed E-state index contributed by atoms with van der Waals surface area (Å²) in [5.74, 6) is -1.19. The summed E-state index contributed by atoms with van der Waals surface area (Å²) in [7, 11) is 0. The number of hydrogen-bond donors (Lipinski definition) is 2. The van der Waals surface area contributed by atoms with E-state index in [1.807, 2.05) is 17.0 Å². The van der Waals surface area contributed by atoms with Crippen LogP contribution in [0.2, 0.25) is 0 Å². The molecule has 1 fully saturated rings. The van der Waals surface area contributed by atoms with E-state index in [2.05, 4.69) is 26.0 Å². The van der Waals surface area contributed by atoms with Crippen molar-refractivity contribution in [1.29, 1.82) is 5.26 Å². The number of nitrogen functional groups attached to an aromatic ring is 1. The van der Waals surface area contributed by atoms with E-state index in [4.69, 9.17) is 10.8 Å². The molecule has 6 rings (SSSR count). The highest BCUT2D eigenvalue weighted by molar-refractivity contribution is 5.81. The number of likely N-dealkylation sites (tertiary alicyclic amines) is 1. The number of halogens is 1. The molecule has 1 unspecified atom stereocenters. The highest BCUT2D eigenvalue weighted by Crippen LogP contribution is 2.32. The fraction of sp³-hybridized carbons (Fsp3) is 0.207. The standard InChI is InChI=1S/C29H24FN9O2/c30-22-6-2-5-19(14-38-10-8-20(15-38)29(40)41)21(22)12-24-35-28-27(32)36-25(18-4-1-3-17(11-18)13-31)26(39(28)37-24)23-7-9-33-16-34-23/h1-7,9,11,16,20H,8,10,12,14-15H2,(H2,32,36)(H,40,41). The van der Waals surface area contributed by atoms with E-state index in [1.165, 1.54) is 12.4 Å². The van der Waals surface area contributed by atoms with Gasteiger partial charge in [-0.25, -0.2) is 28.8 Å². The average molecular weight is 550 g/mol. The van der Waals surface area contributed by atoms with Gasteiger partial charge in [0, 0.05) is 31.3 Å². The number of aromatic nitrogens is 6. The number of carboxylic acids is 1. The maximum atomic E-state index is 15.2. The third-order valence-electron chi connectivity index (χ3n) is 7.20. The van der Waals surface area contributed by atoms with Crippen LogP contribution in [0.1, 0.15) is 28.9 Å². The van der Waals surface area contributed by atoms with E-state index < -0.39 is 17.7 Å². The van der Waals surface area contributed by atoms with Crippen LogP contribution >= 0.6 is 0 Å². The first kappa shape index (κ1) is 26.0. The van der Waals surface area contributed by atoms with Gasteiger partial charge in [0.1, 0.15) is 23.5 Å². The van der Waals surface area contributed by atoms with Crippen molar-refractivity contribution >= 4 is 17.4 Å². The molecule has 1 aliphatic heterocycles.